The van der Waals surface area contributed by atoms with Crippen LogP contribution in [0.15, 0.2) is 29.2 Å². The van der Waals surface area contributed by atoms with Crippen molar-refractivity contribution in [3.63, 3.8) is 0 Å². The summed E-state index contributed by atoms with van der Waals surface area (Å²) in [4.78, 5) is -0.0728. The number of hydrogen-bond donors (Lipinski definition) is 2. The van der Waals surface area contributed by atoms with Gasteiger partial charge in [0.25, 0.3) is 0 Å². The predicted molar refractivity (Wildman–Crippen MR) is 72.8 cm³/mol. The molecule has 8 heteroatoms. The van der Waals surface area contributed by atoms with Crippen LogP contribution in [0, 0.1) is 12.7 Å². The van der Waals surface area contributed by atoms with Crippen molar-refractivity contribution in [1.82, 2.24) is 14.5 Å². The Morgan fingerprint density at radius 1 is 1.40 bits per heavy atom. The molecule has 0 radical (unpaired) electrons. The third-order valence-electron chi connectivity index (χ3n) is 2.89. The maximum absolute atomic E-state index is 13.5. The first kappa shape index (κ1) is 14.5. The maximum Gasteiger partial charge on any atom is 0.246 e. The van der Waals surface area contributed by atoms with Crippen LogP contribution < -0.4 is 10.5 Å². The summed E-state index contributed by atoms with van der Waals surface area (Å²) in [7, 11) is -2.29. The Balaban J connectivity index is 2.27. The fourth-order valence-electron chi connectivity index (χ4n) is 1.88. The van der Waals surface area contributed by atoms with Gasteiger partial charge in [-0.1, -0.05) is 18.2 Å². The molecule has 1 heterocycles. The number of nitrogens with one attached hydrogen (secondary N) is 1. The minimum Gasteiger partial charge on any atom is -0.383 e. The summed E-state index contributed by atoms with van der Waals surface area (Å²) in [5, 5.41) is 3.95. The molecule has 0 amide bonds. The zero-order chi connectivity index (χ0) is 14.9. The number of sulfonamides is 1. The van der Waals surface area contributed by atoms with E-state index >= 15 is 0 Å². The molecule has 0 bridgehead atoms. The second-order valence-corrected chi connectivity index (χ2v) is 6.04. The molecule has 3 N–H and O–H groups in total. The van der Waals surface area contributed by atoms with Gasteiger partial charge in [-0.05, 0) is 13.0 Å². The van der Waals surface area contributed by atoms with E-state index in [4.69, 9.17) is 5.73 Å². The lowest BCUT2D eigenvalue weighted by molar-refractivity contribution is 0.574. The third kappa shape index (κ3) is 2.66. The molecule has 0 saturated carbocycles. The van der Waals surface area contributed by atoms with Gasteiger partial charge in [0.1, 0.15) is 16.5 Å². The number of halogens is 1. The van der Waals surface area contributed by atoms with E-state index in [-0.39, 0.29) is 22.8 Å². The number of benzene rings is 1. The zero-order valence-electron chi connectivity index (χ0n) is 11.1. The van der Waals surface area contributed by atoms with E-state index in [2.05, 4.69) is 9.82 Å². The normalized spacial score (nSPS) is 11.8. The Morgan fingerprint density at radius 3 is 2.60 bits per heavy atom. The molecule has 0 saturated heterocycles. The molecule has 0 aliphatic heterocycles. The van der Waals surface area contributed by atoms with Crippen molar-refractivity contribution in [2.75, 3.05) is 5.73 Å². The number of rotatable bonds is 4. The van der Waals surface area contributed by atoms with Crippen molar-refractivity contribution in [3.8, 4) is 0 Å². The minimum atomic E-state index is -3.84. The molecule has 1 aromatic heterocycles. The van der Waals surface area contributed by atoms with Crippen LogP contribution >= 0.6 is 0 Å². The summed E-state index contributed by atoms with van der Waals surface area (Å²) in [6, 6.07) is 5.96. The van der Waals surface area contributed by atoms with E-state index < -0.39 is 15.8 Å². The van der Waals surface area contributed by atoms with Gasteiger partial charge in [0.15, 0.2) is 0 Å². The first-order chi connectivity index (χ1) is 9.33. The summed E-state index contributed by atoms with van der Waals surface area (Å²) >= 11 is 0. The van der Waals surface area contributed by atoms with E-state index in [1.165, 1.54) is 22.9 Å². The number of aromatic nitrogens is 2. The van der Waals surface area contributed by atoms with Crippen molar-refractivity contribution >= 4 is 15.8 Å². The monoisotopic (exact) mass is 298 g/mol. The summed E-state index contributed by atoms with van der Waals surface area (Å²) in [6.45, 7) is 1.40. The summed E-state index contributed by atoms with van der Waals surface area (Å²) in [6.07, 6.45) is 0. The van der Waals surface area contributed by atoms with Crippen LogP contribution in [-0.4, -0.2) is 18.2 Å². The number of nitrogens with two attached hydrogens (primary N) is 1. The number of anilines is 1. The first-order valence-corrected chi connectivity index (χ1v) is 7.33. The second-order valence-electron chi connectivity index (χ2n) is 4.34. The van der Waals surface area contributed by atoms with Crippen molar-refractivity contribution in [3.05, 3.63) is 41.3 Å². The van der Waals surface area contributed by atoms with Crippen LogP contribution in [0.1, 0.15) is 11.3 Å². The van der Waals surface area contributed by atoms with E-state index in [1.54, 1.807) is 20.0 Å². The zero-order valence-corrected chi connectivity index (χ0v) is 11.9. The summed E-state index contributed by atoms with van der Waals surface area (Å²) in [5.74, 6) is -0.422. The molecule has 0 aliphatic carbocycles. The van der Waals surface area contributed by atoms with Gasteiger partial charge < -0.3 is 5.73 Å². The molecular formula is C12H15FN4O2S. The Morgan fingerprint density at radius 2 is 2.05 bits per heavy atom. The van der Waals surface area contributed by atoms with Crippen LogP contribution in [0.2, 0.25) is 0 Å². The molecule has 1 aromatic carbocycles. The van der Waals surface area contributed by atoms with Crippen LogP contribution in [0.25, 0.3) is 0 Å². The van der Waals surface area contributed by atoms with E-state index in [9.17, 15) is 12.8 Å². The van der Waals surface area contributed by atoms with Crippen molar-refractivity contribution in [2.45, 2.75) is 18.4 Å². The number of nitrogen functional groups attached to an aromatic ring is 1. The average Bonchev–Trinajstić information content (AvgIpc) is 2.62. The van der Waals surface area contributed by atoms with Gasteiger partial charge in [0.05, 0.1) is 5.69 Å². The van der Waals surface area contributed by atoms with Crippen molar-refractivity contribution in [1.29, 1.82) is 0 Å². The van der Waals surface area contributed by atoms with Gasteiger partial charge in [-0.25, -0.2) is 17.5 Å². The maximum atomic E-state index is 13.5. The molecule has 0 unspecified atom stereocenters. The third-order valence-corrected chi connectivity index (χ3v) is 4.46. The number of nitrogens with zero attached hydrogens (tertiary/aromatic N) is 2. The lowest BCUT2D eigenvalue weighted by atomic mass is 10.2. The fourth-order valence-corrected chi connectivity index (χ4v) is 3.20. The molecule has 0 aliphatic rings. The van der Waals surface area contributed by atoms with E-state index in [0.717, 1.165) is 0 Å². The standard InChI is InChI=1S/C12H15FN4O2S/c1-8-11(12(14)17(2)16-8)20(18,19)15-7-9-5-3-4-6-10(9)13/h3-6,15H,7,14H2,1-2H3. The second kappa shape index (κ2) is 5.22. The molecule has 0 fully saturated rings. The molecule has 0 spiro atoms. The van der Waals surface area contributed by atoms with E-state index in [0.29, 0.717) is 5.69 Å². The van der Waals surface area contributed by atoms with Crippen LogP contribution in [0.4, 0.5) is 10.2 Å². The van der Waals surface area contributed by atoms with Crippen molar-refractivity contribution < 1.29 is 12.8 Å². The topological polar surface area (TPSA) is 90.0 Å². The van der Waals surface area contributed by atoms with Gasteiger partial charge >= 0.3 is 0 Å². The largest absolute Gasteiger partial charge is 0.383 e. The molecule has 2 rings (SSSR count). The summed E-state index contributed by atoms with van der Waals surface area (Å²) in [5.41, 5.74) is 6.25. The van der Waals surface area contributed by atoms with Crippen LogP contribution in [-0.2, 0) is 23.6 Å². The minimum absolute atomic E-state index is 0.0449. The number of aryl methyl sites for hydroxylation is 2. The van der Waals surface area contributed by atoms with Gasteiger partial charge in [-0.15, -0.1) is 0 Å². The molecular weight excluding hydrogens is 283 g/mol. The molecule has 0 atom stereocenters. The average molecular weight is 298 g/mol. The Labute approximate surface area is 116 Å². The molecule has 20 heavy (non-hydrogen) atoms. The quantitative estimate of drug-likeness (QED) is 0.878. The van der Waals surface area contributed by atoms with Gasteiger partial charge in [0.2, 0.25) is 10.0 Å². The Bertz CT molecular complexity index is 740. The molecule has 2 aromatic rings. The van der Waals surface area contributed by atoms with Gasteiger partial charge in [-0.3, -0.25) is 4.68 Å². The van der Waals surface area contributed by atoms with Gasteiger partial charge in [-0.2, -0.15) is 5.10 Å². The summed E-state index contributed by atoms with van der Waals surface area (Å²) < 4.78 is 41.5. The Hall–Kier alpha value is -1.93. The first-order valence-electron chi connectivity index (χ1n) is 5.85. The van der Waals surface area contributed by atoms with Crippen LogP contribution in [0.3, 0.4) is 0 Å². The fraction of sp³-hybridized carbons (Fsp3) is 0.250. The highest BCUT2D eigenvalue weighted by atomic mass is 32.2. The Kier molecular flexibility index (Phi) is 3.78. The highest BCUT2D eigenvalue weighted by Gasteiger charge is 2.24. The SMILES string of the molecule is Cc1nn(C)c(N)c1S(=O)(=O)NCc1ccccc1F. The van der Waals surface area contributed by atoms with E-state index in [1.807, 2.05) is 0 Å². The van der Waals surface area contributed by atoms with Crippen molar-refractivity contribution in [2.24, 2.45) is 7.05 Å². The highest BCUT2D eigenvalue weighted by Crippen LogP contribution is 2.21. The molecule has 108 valence electrons. The number of hydrogen-bond acceptors (Lipinski definition) is 4. The predicted octanol–water partition coefficient (Wildman–Crippen LogP) is 0.928. The highest BCUT2D eigenvalue weighted by molar-refractivity contribution is 7.89. The smallest absolute Gasteiger partial charge is 0.246 e. The lowest BCUT2D eigenvalue weighted by Crippen LogP contribution is -2.25. The lowest BCUT2D eigenvalue weighted by Gasteiger charge is -2.07. The molecule has 6 nitrogen and oxygen atoms in total. The van der Waals surface area contributed by atoms with Gasteiger partial charge in [0, 0.05) is 19.2 Å². The van der Waals surface area contributed by atoms with Crippen LogP contribution in [0.5, 0.6) is 0 Å².